The van der Waals surface area contributed by atoms with Gasteiger partial charge in [0.2, 0.25) is 5.79 Å². The van der Waals surface area contributed by atoms with Crippen LogP contribution in [0.25, 0.3) is 0 Å². The first kappa shape index (κ1) is 21.9. The second kappa shape index (κ2) is 7.22. The van der Waals surface area contributed by atoms with Crippen molar-refractivity contribution in [2.24, 2.45) is 10.8 Å². The van der Waals surface area contributed by atoms with Gasteiger partial charge in [0.15, 0.2) is 0 Å². The minimum absolute atomic E-state index is 0.0472. The van der Waals surface area contributed by atoms with Crippen LogP contribution in [-0.4, -0.2) is 17.0 Å². The Morgan fingerprint density at radius 3 is 1.17 bits per heavy atom. The van der Waals surface area contributed by atoms with Crippen LogP contribution in [0.3, 0.4) is 0 Å². The van der Waals surface area contributed by atoms with Crippen molar-refractivity contribution in [3.8, 4) is 0 Å². The Morgan fingerprint density at radius 2 is 0.875 bits per heavy atom. The molecule has 0 radical (unpaired) electrons. The summed E-state index contributed by atoms with van der Waals surface area (Å²) in [6, 6.07) is 0. The Hall–Kier alpha value is -0.160. The lowest BCUT2D eigenvalue weighted by atomic mass is 9.79. The number of rotatable bonds is 6. The summed E-state index contributed by atoms with van der Waals surface area (Å²) in [4.78, 5) is 23.6. The normalized spacial score (nSPS) is 20.2. The van der Waals surface area contributed by atoms with E-state index in [4.69, 9.17) is 19.6 Å². The van der Waals surface area contributed by atoms with Crippen LogP contribution in [-0.2, 0) is 19.6 Å². The quantitative estimate of drug-likeness (QED) is 0.327. The molecule has 0 unspecified atom stereocenters. The molecule has 4 heteroatoms. The lowest BCUT2D eigenvalue weighted by Gasteiger charge is -2.44. The van der Waals surface area contributed by atoms with Crippen molar-refractivity contribution in [2.75, 3.05) is 0 Å². The molecule has 0 aromatic rings. The maximum Gasteiger partial charge on any atom is 0.234 e. The van der Waals surface area contributed by atoms with Gasteiger partial charge in [0, 0.05) is 12.8 Å². The average molecular weight is 345 g/mol. The van der Waals surface area contributed by atoms with E-state index in [1.165, 1.54) is 6.42 Å². The minimum Gasteiger partial charge on any atom is -0.227 e. The zero-order chi connectivity index (χ0) is 18.9. The fourth-order valence-corrected chi connectivity index (χ4v) is 1.88. The summed E-state index contributed by atoms with van der Waals surface area (Å²) in [5.41, 5.74) is -0.955. The monoisotopic (exact) mass is 344 g/mol. The van der Waals surface area contributed by atoms with Gasteiger partial charge in [-0.3, -0.25) is 0 Å². The highest BCUT2D eigenvalue weighted by atomic mass is 17.3. The van der Waals surface area contributed by atoms with Crippen molar-refractivity contribution in [3.63, 3.8) is 0 Å². The van der Waals surface area contributed by atoms with Crippen LogP contribution in [0.4, 0.5) is 0 Å². The lowest BCUT2D eigenvalue weighted by Crippen LogP contribution is -2.48. The van der Waals surface area contributed by atoms with E-state index in [-0.39, 0.29) is 10.8 Å². The Morgan fingerprint density at radius 1 is 0.542 bits per heavy atom. The first-order valence-electron chi connectivity index (χ1n) is 9.36. The molecule has 0 aliphatic heterocycles. The third kappa shape index (κ3) is 5.42. The van der Waals surface area contributed by atoms with Gasteiger partial charge < -0.3 is 0 Å². The van der Waals surface area contributed by atoms with Crippen LogP contribution in [0, 0.1) is 10.8 Å². The van der Waals surface area contributed by atoms with Gasteiger partial charge in [-0.1, -0.05) is 48.0 Å². The molecule has 1 aliphatic rings. The second-order valence-electron chi connectivity index (χ2n) is 10.3. The van der Waals surface area contributed by atoms with E-state index >= 15 is 0 Å². The molecule has 1 saturated carbocycles. The summed E-state index contributed by atoms with van der Waals surface area (Å²) in [6.45, 7) is 21.0. The molecule has 0 bridgehead atoms. The van der Waals surface area contributed by atoms with Gasteiger partial charge in [0.1, 0.15) is 11.2 Å². The summed E-state index contributed by atoms with van der Waals surface area (Å²) < 4.78 is 0. The predicted octanol–water partition coefficient (Wildman–Crippen LogP) is 6.19. The average Bonchev–Trinajstić information content (AvgIpc) is 2.42. The molecule has 0 saturated heterocycles. The van der Waals surface area contributed by atoms with Gasteiger partial charge in [-0.15, -0.1) is 0 Å². The Balaban J connectivity index is 2.81. The highest BCUT2D eigenvalue weighted by Crippen LogP contribution is 2.41. The molecule has 24 heavy (non-hydrogen) atoms. The fraction of sp³-hybridized carbons (Fsp3) is 1.00. The number of hydrogen-bond acceptors (Lipinski definition) is 4. The van der Waals surface area contributed by atoms with Crippen LogP contribution < -0.4 is 0 Å². The predicted molar refractivity (Wildman–Crippen MR) is 97.2 cm³/mol. The largest absolute Gasteiger partial charge is 0.234 e. The minimum atomic E-state index is -0.816. The van der Waals surface area contributed by atoms with Gasteiger partial charge >= 0.3 is 0 Å². The van der Waals surface area contributed by atoms with Gasteiger partial charge in [-0.05, 0) is 51.4 Å². The lowest BCUT2D eigenvalue weighted by molar-refractivity contribution is -0.556. The molecular formula is C20H40O4. The zero-order valence-electron chi connectivity index (χ0n) is 17.7. The van der Waals surface area contributed by atoms with Crippen molar-refractivity contribution >= 4 is 0 Å². The van der Waals surface area contributed by atoms with Crippen LogP contribution in [0.15, 0.2) is 0 Å². The number of hydrogen-bond donors (Lipinski definition) is 0. The molecule has 0 aromatic carbocycles. The smallest absolute Gasteiger partial charge is 0.227 e. The molecule has 0 aromatic heterocycles. The van der Waals surface area contributed by atoms with Gasteiger partial charge in [0.05, 0.1) is 0 Å². The van der Waals surface area contributed by atoms with E-state index in [0.29, 0.717) is 0 Å². The first-order chi connectivity index (χ1) is 10.6. The maximum absolute atomic E-state index is 5.92. The molecule has 0 amide bonds. The van der Waals surface area contributed by atoms with Gasteiger partial charge in [-0.2, -0.15) is 9.78 Å². The van der Waals surface area contributed by atoms with E-state index in [0.717, 1.165) is 25.7 Å². The molecule has 1 rings (SSSR count). The molecule has 0 atom stereocenters. The van der Waals surface area contributed by atoms with Crippen LogP contribution >= 0.6 is 0 Å². The van der Waals surface area contributed by atoms with Gasteiger partial charge in [0.25, 0.3) is 0 Å². The summed E-state index contributed by atoms with van der Waals surface area (Å²) in [7, 11) is 0. The summed E-state index contributed by atoms with van der Waals surface area (Å²) in [6.07, 6.45) is 4.87. The summed E-state index contributed by atoms with van der Waals surface area (Å²) in [5.74, 6) is -0.816. The molecule has 0 heterocycles. The van der Waals surface area contributed by atoms with Crippen molar-refractivity contribution in [1.82, 2.24) is 0 Å². The topological polar surface area (TPSA) is 36.9 Å². The summed E-state index contributed by atoms with van der Waals surface area (Å²) in [5, 5.41) is 0. The third-order valence-corrected chi connectivity index (χ3v) is 6.03. The van der Waals surface area contributed by atoms with E-state index in [1.807, 2.05) is 27.7 Å². The molecule has 144 valence electrons. The van der Waals surface area contributed by atoms with E-state index in [9.17, 15) is 0 Å². The molecule has 1 aliphatic carbocycles. The maximum atomic E-state index is 5.92. The second-order valence-corrected chi connectivity index (χ2v) is 10.3. The SMILES string of the molecule is CC(C)(C)C(C)(C)OOC1(OOC(C)(C)C(C)(C)C)CCCCC1. The van der Waals surface area contributed by atoms with Crippen LogP contribution in [0.1, 0.15) is 101 Å². The highest BCUT2D eigenvalue weighted by molar-refractivity contribution is 4.84. The third-order valence-electron chi connectivity index (χ3n) is 6.03. The molecule has 1 fully saturated rings. The molecule has 4 nitrogen and oxygen atoms in total. The standard InChI is InChI=1S/C20H40O4/c1-16(2,3)18(7,8)21-23-20(14-12-11-13-15-20)24-22-19(9,10)17(4,5)6/h11-15H2,1-10H3. The molecule has 0 spiro atoms. The molecule has 0 N–H and O–H groups in total. The van der Waals surface area contributed by atoms with Crippen LogP contribution in [0.2, 0.25) is 0 Å². The Kier molecular flexibility index (Phi) is 6.58. The van der Waals surface area contributed by atoms with E-state index < -0.39 is 17.0 Å². The van der Waals surface area contributed by atoms with Crippen molar-refractivity contribution < 1.29 is 19.6 Å². The van der Waals surface area contributed by atoms with Gasteiger partial charge in [-0.25, -0.2) is 9.78 Å². The highest BCUT2D eigenvalue weighted by Gasteiger charge is 2.45. The molecular weight excluding hydrogens is 304 g/mol. The fourth-order valence-electron chi connectivity index (χ4n) is 1.88. The van der Waals surface area contributed by atoms with Crippen LogP contribution in [0.5, 0.6) is 0 Å². The van der Waals surface area contributed by atoms with E-state index in [2.05, 4.69) is 41.5 Å². The summed E-state index contributed by atoms with van der Waals surface area (Å²) >= 11 is 0. The zero-order valence-corrected chi connectivity index (χ0v) is 17.7. The first-order valence-corrected chi connectivity index (χ1v) is 9.36. The van der Waals surface area contributed by atoms with Crippen molar-refractivity contribution in [3.05, 3.63) is 0 Å². The Bertz CT molecular complexity index is 361. The van der Waals surface area contributed by atoms with Crippen molar-refractivity contribution in [1.29, 1.82) is 0 Å². The van der Waals surface area contributed by atoms with Crippen molar-refractivity contribution in [2.45, 2.75) is 118 Å². The van der Waals surface area contributed by atoms with E-state index in [1.54, 1.807) is 0 Å². The Labute approximate surface area is 149 Å².